The molecule has 0 radical (unpaired) electrons. The number of H-pyrrole nitrogens is 1. The van der Waals surface area contributed by atoms with Crippen LogP contribution >= 0.6 is 0 Å². The van der Waals surface area contributed by atoms with Crippen molar-refractivity contribution in [3.63, 3.8) is 0 Å². The predicted molar refractivity (Wildman–Crippen MR) is 111 cm³/mol. The van der Waals surface area contributed by atoms with E-state index in [9.17, 15) is 8.42 Å². The number of pyridine rings is 1. The van der Waals surface area contributed by atoms with Gasteiger partial charge in [0.1, 0.15) is 17.4 Å². The van der Waals surface area contributed by atoms with E-state index in [1.54, 1.807) is 30.6 Å². The first-order valence-electron chi connectivity index (χ1n) is 8.86. The highest BCUT2D eigenvalue weighted by Crippen LogP contribution is 2.25. The smallest absolute Gasteiger partial charge is 0.230 e. The van der Waals surface area contributed by atoms with E-state index in [4.69, 9.17) is 4.74 Å². The van der Waals surface area contributed by atoms with Crippen LogP contribution in [0.1, 0.15) is 17.1 Å². The van der Waals surface area contributed by atoms with Crippen LogP contribution in [0.5, 0.6) is 11.6 Å². The van der Waals surface area contributed by atoms with E-state index >= 15 is 0 Å². The number of benzene rings is 1. The maximum absolute atomic E-state index is 11.3. The van der Waals surface area contributed by atoms with Gasteiger partial charge in [-0.3, -0.25) is 4.72 Å². The first-order valence-corrected chi connectivity index (χ1v) is 10.8. The Hall–Kier alpha value is -3.46. The Morgan fingerprint density at radius 2 is 1.97 bits per heavy atom. The fourth-order valence-corrected chi connectivity index (χ4v) is 3.43. The van der Waals surface area contributed by atoms with Gasteiger partial charge in [0.2, 0.25) is 15.9 Å². The van der Waals surface area contributed by atoms with Crippen molar-refractivity contribution in [2.24, 2.45) is 0 Å². The van der Waals surface area contributed by atoms with Crippen molar-refractivity contribution in [3.8, 4) is 11.6 Å². The van der Waals surface area contributed by atoms with E-state index in [1.807, 2.05) is 25.1 Å². The van der Waals surface area contributed by atoms with Crippen molar-refractivity contribution in [3.05, 3.63) is 71.9 Å². The lowest BCUT2D eigenvalue weighted by atomic mass is 10.2. The number of fused-ring (bicyclic) bond motifs is 1. The van der Waals surface area contributed by atoms with Crippen molar-refractivity contribution in [2.45, 2.75) is 13.3 Å². The molecule has 0 bridgehead atoms. The summed E-state index contributed by atoms with van der Waals surface area (Å²) in [4.78, 5) is 16.1. The number of aromatic nitrogens is 4. The second-order valence-corrected chi connectivity index (χ2v) is 8.47. The monoisotopic (exact) mass is 409 g/mol. The van der Waals surface area contributed by atoms with Gasteiger partial charge >= 0.3 is 0 Å². The molecular weight excluding hydrogens is 390 g/mol. The van der Waals surface area contributed by atoms with E-state index in [-0.39, 0.29) is 5.82 Å². The lowest BCUT2D eigenvalue weighted by molar-refractivity contribution is 0.459. The van der Waals surface area contributed by atoms with E-state index in [1.165, 1.54) is 0 Å². The molecule has 1 aromatic carbocycles. The quantitative estimate of drug-likeness (QED) is 0.505. The fourth-order valence-electron chi connectivity index (χ4n) is 2.92. The van der Waals surface area contributed by atoms with Gasteiger partial charge in [-0.1, -0.05) is 6.07 Å². The summed E-state index contributed by atoms with van der Waals surface area (Å²) < 4.78 is 30.7. The summed E-state index contributed by atoms with van der Waals surface area (Å²) in [5.74, 6) is 1.99. The zero-order valence-corrected chi connectivity index (χ0v) is 16.7. The van der Waals surface area contributed by atoms with Gasteiger partial charge in [0.25, 0.3) is 0 Å². The third kappa shape index (κ3) is 4.88. The molecule has 148 valence electrons. The minimum absolute atomic E-state index is 0.268. The Bertz CT molecular complexity index is 1270. The van der Waals surface area contributed by atoms with Crippen LogP contribution in [0, 0.1) is 6.92 Å². The Morgan fingerprint density at radius 1 is 1.10 bits per heavy atom. The Morgan fingerprint density at radius 3 is 2.72 bits per heavy atom. The highest BCUT2D eigenvalue weighted by atomic mass is 32.2. The van der Waals surface area contributed by atoms with Crippen molar-refractivity contribution >= 4 is 26.7 Å². The van der Waals surface area contributed by atoms with Crippen LogP contribution in [0.3, 0.4) is 0 Å². The van der Waals surface area contributed by atoms with Crippen LogP contribution in [0.4, 0.5) is 5.82 Å². The standard InChI is InChI=1S/C20H19N5O3S/c1-13-9-15-11-16(4-5-17(15)23-13)28-20-7-8-21-19(24-20)10-14-3-6-18(22-12-14)25-29(2,26)27/h3-9,11-12,23H,10H2,1-2H3,(H,22,25). The Labute approximate surface area is 168 Å². The fraction of sp³-hybridized carbons (Fsp3) is 0.150. The van der Waals surface area contributed by atoms with Gasteiger partial charge in [-0.05, 0) is 42.8 Å². The summed E-state index contributed by atoms with van der Waals surface area (Å²) >= 11 is 0. The molecule has 8 nitrogen and oxygen atoms in total. The summed E-state index contributed by atoms with van der Waals surface area (Å²) in [6, 6.07) is 13.0. The maximum atomic E-state index is 11.3. The molecule has 0 atom stereocenters. The number of hydrogen-bond donors (Lipinski definition) is 2. The third-order valence-electron chi connectivity index (χ3n) is 4.11. The number of anilines is 1. The van der Waals surface area contributed by atoms with Gasteiger partial charge < -0.3 is 9.72 Å². The molecule has 9 heteroatoms. The van der Waals surface area contributed by atoms with Gasteiger partial charge in [-0.25, -0.2) is 18.4 Å². The molecular formula is C20H19N5O3S. The average Bonchev–Trinajstić information content (AvgIpc) is 3.02. The molecule has 0 unspecified atom stereocenters. The molecule has 3 heterocycles. The molecule has 4 aromatic rings. The second kappa shape index (κ2) is 7.51. The second-order valence-electron chi connectivity index (χ2n) is 6.72. The molecule has 0 saturated heterocycles. The molecule has 0 spiro atoms. The van der Waals surface area contributed by atoms with Crippen molar-refractivity contribution in [2.75, 3.05) is 11.0 Å². The zero-order valence-electron chi connectivity index (χ0n) is 15.9. The number of rotatable bonds is 6. The molecule has 0 aliphatic heterocycles. The number of hydrogen-bond acceptors (Lipinski definition) is 6. The third-order valence-corrected chi connectivity index (χ3v) is 4.69. The lowest BCUT2D eigenvalue weighted by Gasteiger charge is -2.07. The zero-order chi connectivity index (χ0) is 20.4. The normalized spacial score (nSPS) is 11.5. The minimum atomic E-state index is -3.35. The van der Waals surface area contributed by atoms with Gasteiger partial charge in [-0.15, -0.1) is 0 Å². The summed E-state index contributed by atoms with van der Waals surface area (Å²) in [6.07, 6.45) is 4.76. The van der Waals surface area contributed by atoms with E-state index in [0.29, 0.717) is 23.9 Å². The molecule has 0 saturated carbocycles. The lowest BCUT2D eigenvalue weighted by Crippen LogP contribution is -2.10. The summed E-state index contributed by atoms with van der Waals surface area (Å²) in [5, 5.41) is 1.07. The van der Waals surface area contributed by atoms with Crippen molar-refractivity contribution < 1.29 is 13.2 Å². The SMILES string of the molecule is Cc1cc2cc(Oc3ccnc(Cc4ccc(NS(C)(=O)=O)nc4)n3)ccc2[nH]1. The molecule has 4 rings (SSSR count). The Kier molecular flexibility index (Phi) is 4.89. The summed E-state index contributed by atoms with van der Waals surface area (Å²) in [5.41, 5.74) is 3.00. The van der Waals surface area contributed by atoms with Gasteiger partial charge in [0.05, 0.1) is 6.26 Å². The number of aromatic amines is 1. The van der Waals surface area contributed by atoms with Crippen LogP contribution in [0.2, 0.25) is 0 Å². The molecule has 2 N–H and O–H groups in total. The van der Waals surface area contributed by atoms with E-state index in [2.05, 4.69) is 30.7 Å². The molecule has 0 aliphatic carbocycles. The van der Waals surface area contributed by atoms with Crippen LogP contribution in [-0.4, -0.2) is 34.6 Å². The van der Waals surface area contributed by atoms with Crippen molar-refractivity contribution in [1.82, 2.24) is 19.9 Å². The highest BCUT2D eigenvalue weighted by molar-refractivity contribution is 7.92. The molecule has 29 heavy (non-hydrogen) atoms. The Balaban J connectivity index is 1.48. The first kappa shape index (κ1) is 18.9. The molecule has 0 aliphatic rings. The molecule has 0 fully saturated rings. The predicted octanol–water partition coefficient (Wildman–Crippen LogP) is 3.42. The summed E-state index contributed by atoms with van der Waals surface area (Å²) in [6.45, 7) is 2.01. The van der Waals surface area contributed by atoms with Crippen LogP contribution < -0.4 is 9.46 Å². The number of nitrogens with one attached hydrogen (secondary N) is 2. The van der Waals surface area contributed by atoms with E-state index in [0.717, 1.165) is 28.4 Å². The number of ether oxygens (including phenoxy) is 1. The van der Waals surface area contributed by atoms with Gasteiger partial charge in [-0.2, -0.15) is 4.98 Å². The molecule has 3 aromatic heterocycles. The minimum Gasteiger partial charge on any atom is -0.439 e. The van der Waals surface area contributed by atoms with Crippen molar-refractivity contribution in [1.29, 1.82) is 0 Å². The van der Waals surface area contributed by atoms with Crippen LogP contribution in [0.15, 0.2) is 54.9 Å². The van der Waals surface area contributed by atoms with Crippen LogP contribution in [0.25, 0.3) is 10.9 Å². The first-order chi connectivity index (χ1) is 13.8. The van der Waals surface area contributed by atoms with Gasteiger partial charge in [0, 0.05) is 41.5 Å². The van der Waals surface area contributed by atoms with Gasteiger partial charge in [0.15, 0.2) is 0 Å². The average molecular weight is 409 g/mol. The topological polar surface area (TPSA) is 110 Å². The highest BCUT2D eigenvalue weighted by Gasteiger charge is 2.07. The number of nitrogens with zero attached hydrogens (tertiary/aromatic N) is 3. The number of sulfonamides is 1. The molecule has 0 amide bonds. The summed E-state index contributed by atoms with van der Waals surface area (Å²) in [7, 11) is -3.35. The maximum Gasteiger partial charge on any atom is 0.230 e. The van der Waals surface area contributed by atoms with E-state index < -0.39 is 10.0 Å². The number of aryl methyl sites for hydroxylation is 1. The van der Waals surface area contributed by atoms with Crippen LogP contribution in [-0.2, 0) is 16.4 Å². The largest absolute Gasteiger partial charge is 0.439 e.